The normalized spacial score (nSPS) is 12.8. The number of carboxylic acid groups (broad SMARTS) is 1. The zero-order valence-electron chi connectivity index (χ0n) is 27.5. The molecule has 0 aliphatic heterocycles. The van der Waals surface area contributed by atoms with E-state index in [9.17, 15) is 19.5 Å². The fourth-order valence-corrected chi connectivity index (χ4v) is 5.69. The van der Waals surface area contributed by atoms with Crippen molar-refractivity contribution in [2.45, 2.75) is 57.7 Å². The van der Waals surface area contributed by atoms with Gasteiger partial charge < -0.3 is 24.6 Å². The number of carboxylic acids is 1. The Balaban J connectivity index is 1.51. The molecule has 4 aromatic rings. The molecule has 0 saturated carbocycles. The van der Waals surface area contributed by atoms with Crippen LogP contribution in [0.5, 0.6) is 0 Å². The van der Waals surface area contributed by atoms with Gasteiger partial charge in [-0.25, -0.2) is 4.79 Å². The van der Waals surface area contributed by atoms with Gasteiger partial charge in [-0.3, -0.25) is 14.5 Å². The number of amides is 2. The van der Waals surface area contributed by atoms with E-state index in [-0.39, 0.29) is 12.5 Å². The van der Waals surface area contributed by atoms with Gasteiger partial charge in [0.15, 0.2) is 0 Å². The highest BCUT2D eigenvalue weighted by molar-refractivity contribution is 5.90. The van der Waals surface area contributed by atoms with Gasteiger partial charge in [-0.2, -0.15) is 0 Å². The number of aliphatic carboxylic acids is 1. The lowest BCUT2D eigenvalue weighted by Gasteiger charge is -2.35. The maximum atomic E-state index is 14.1. The minimum Gasteiger partial charge on any atom is -0.481 e. The molecule has 0 aliphatic rings. The lowest BCUT2D eigenvalue weighted by atomic mass is 9.95. The average molecular weight is 627 g/mol. The summed E-state index contributed by atoms with van der Waals surface area (Å²) < 4.78 is 7.75. The van der Waals surface area contributed by atoms with Gasteiger partial charge in [0.1, 0.15) is 11.6 Å². The number of aromatic nitrogens is 1. The molecular formula is C37H46N4O5. The summed E-state index contributed by atoms with van der Waals surface area (Å²) in [6.07, 6.45) is 2.00. The molecule has 4 rings (SSSR count). The predicted molar refractivity (Wildman–Crippen MR) is 181 cm³/mol. The van der Waals surface area contributed by atoms with Crippen LogP contribution in [0.1, 0.15) is 49.8 Å². The Morgan fingerprint density at radius 2 is 1.50 bits per heavy atom. The van der Waals surface area contributed by atoms with Crippen molar-refractivity contribution in [1.82, 2.24) is 19.7 Å². The van der Waals surface area contributed by atoms with Gasteiger partial charge in [0, 0.05) is 57.3 Å². The second-order valence-electron chi connectivity index (χ2n) is 12.7. The zero-order chi connectivity index (χ0) is 33.3. The van der Waals surface area contributed by atoms with E-state index in [0.717, 1.165) is 27.6 Å². The summed E-state index contributed by atoms with van der Waals surface area (Å²) in [7, 11) is 3.66. The number of hydrogen-bond acceptors (Lipinski definition) is 5. The third-order valence-electron chi connectivity index (χ3n) is 7.94. The van der Waals surface area contributed by atoms with E-state index in [1.54, 1.807) is 32.7 Å². The van der Waals surface area contributed by atoms with Gasteiger partial charge in [-0.1, -0.05) is 78.9 Å². The molecule has 2 amide bonds. The van der Waals surface area contributed by atoms with Crippen LogP contribution in [0, 0.1) is 0 Å². The number of para-hydroxylation sites is 1. The van der Waals surface area contributed by atoms with Crippen LogP contribution in [0.25, 0.3) is 10.9 Å². The van der Waals surface area contributed by atoms with E-state index in [1.165, 1.54) is 4.90 Å². The fraction of sp³-hybridized carbons (Fsp3) is 0.378. The molecule has 0 spiro atoms. The molecule has 0 saturated heterocycles. The highest BCUT2D eigenvalue weighted by atomic mass is 16.6. The molecule has 1 aromatic heterocycles. The molecule has 244 valence electrons. The van der Waals surface area contributed by atoms with Gasteiger partial charge >= 0.3 is 12.1 Å². The van der Waals surface area contributed by atoms with Crippen LogP contribution in [-0.2, 0) is 34.3 Å². The first-order valence-corrected chi connectivity index (χ1v) is 15.7. The first-order valence-electron chi connectivity index (χ1n) is 15.7. The van der Waals surface area contributed by atoms with Crippen molar-refractivity contribution < 1.29 is 24.2 Å². The maximum absolute atomic E-state index is 14.1. The largest absolute Gasteiger partial charge is 0.481 e. The van der Waals surface area contributed by atoms with E-state index >= 15 is 0 Å². The highest BCUT2D eigenvalue weighted by Gasteiger charge is 2.34. The number of carbonyl (C=O) groups excluding carboxylic acids is 2. The highest BCUT2D eigenvalue weighted by Crippen LogP contribution is 2.29. The number of carbonyl (C=O) groups is 3. The summed E-state index contributed by atoms with van der Waals surface area (Å²) in [5, 5.41) is 14.4. The fourth-order valence-electron chi connectivity index (χ4n) is 5.69. The Kier molecular flexibility index (Phi) is 11.6. The summed E-state index contributed by atoms with van der Waals surface area (Å²) in [4.78, 5) is 43.2. The third kappa shape index (κ3) is 9.20. The molecule has 9 heteroatoms. The molecule has 0 radical (unpaired) electrons. The van der Waals surface area contributed by atoms with Crippen molar-refractivity contribution in [3.8, 4) is 0 Å². The number of rotatable bonds is 14. The number of nitrogens with one attached hydrogen (secondary N) is 1. The number of aryl methyl sites for hydroxylation is 1. The van der Waals surface area contributed by atoms with E-state index < -0.39 is 29.6 Å². The second kappa shape index (κ2) is 15.6. The third-order valence-corrected chi connectivity index (χ3v) is 7.94. The summed E-state index contributed by atoms with van der Waals surface area (Å²) in [6.45, 7) is 6.76. The van der Waals surface area contributed by atoms with Crippen LogP contribution < -0.4 is 5.32 Å². The first kappa shape index (κ1) is 34.2. The molecule has 46 heavy (non-hydrogen) atoms. The van der Waals surface area contributed by atoms with Crippen molar-refractivity contribution in [2.75, 3.05) is 26.7 Å². The quantitative estimate of drug-likeness (QED) is 0.171. The van der Waals surface area contributed by atoms with Gasteiger partial charge in [0.2, 0.25) is 5.91 Å². The van der Waals surface area contributed by atoms with Crippen molar-refractivity contribution in [2.24, 2.45) is 7.05 Å². The lowest BCUT2D eigenvalue weighted by molar-refractivity contribution is -0.139. The zero-order valence-corrected chi connectivity index (χ0v) is 27.5. The summed E-state index contributed by atoms with van der Waals surface area (Å²) >= 11 is 0. The second-order valence-corrected chi connectivity index (χ2v) is 12.7. The maximum Gasteiger partial charge on any atom is 0.411 e. The van der Waals surface area contributed by atoms with Crippen LogP contribution >= 0.6 is 0 Å². The van der Waals surface area contributed by atoms with E-state index in [2.05, 4.69) is 5.32 Å². The minimum absolute atomic E-state index is 0.194. The van der Waals surface area contributed by atoms with Crippen molar-refractivity contribution >= 4 is 28.9 Å². The molecule has 3 aromatic carbocycles. The Morgan fingerprint density at radius 3 is 2.13 bits per heavy atom. The average Bonchev–Trinajstić information content (AvgIpc) is 3.35. The molecule has 2 atom stereocenters. The molecule has 1 heterocycles. The minimum atomic E-state index is -0.886. The molecule has 0 unspecified atom stereocenters. The van der Waals surface area contributed by atoms with Crippen molar-refractivity contribution in [3.05, 3.63) is 108 Å². The lowest BCUT2D eigenvalue weighted by Crippen LogP contribution is -2.54. The van der Waals surface area contributed by atoms with Crippen LogP contribution in [0.15, 0.2) is 91.1 Å². The molecule has 0 aliphatic carbocycles. The first-order chi connectivity index (χ1) is 21.9. The number of fused-ring (bicyclic) bond motifs is 1. The van der Waals surface area contributed by atoms with Crippen molar-refractivity contribution in [3.63, 3.8) is 0 Å². The van der Waals surface area contributed by atoms with Crippen LogP contribution in [-0.4, -0.2) is 75.8 Å². The Morgan fingerprint density at radius 1 is 0.891 bits per heavy atom. The summed E-state index contributed by atoms with van der Waals surface area (Å²) in [5.74, 6) is -1.77. The number of nitrogens with zero attached hydrogens (tertiary/aromatic N) is 3. The van der Waals surface area contributed by atoms with Crippen molar-refractivity contribution in [1.29, 1.82) is 0 Å². The molecule has 0 fully saturated rings. The van der Waals surface area contributed by atoms with E-state index in [0.29, 0.717) is 32.5 Å². The Hall–Kier alpha value is -4.63. The Labute approximate surface area is 271 Å². The van der Waals surface area contributed by atoms with E-state index in [4.69, 9.17) is 4.74 Å². The number of benzene rings is 3. The Bertz CT molecular complexity index is 1600. The van der Waals surface area contributed by atoms with Crippen LogP contribution in [0.3, 0.4) is 0 Å². The van der Waals surface area contributed by atoms with Gasteiger partial charge in [-0.05, 0) is 56.5 Å². The summed E-state index contributed by atoms with van der Waals surface area (Å²) in [5.41, 5.74) is 2.91. The van der Waals surface area contributed by atoms with Crippen LogP contribution in [0.2, 0.25) is 0 Å². The molecule has 2 N–H and O–H groups in total. The standard InChI is InChI=1S/C37H46N4O5/c1-37(2,3)46-36(45)41(23-22-38-21-20-30(35(43)44)31-26-39(4)32-19-13-12-18-29(31)32)33(24-27-14-8-6-9-15-27)34(42)40(5)25-28-16-10-7-11-17-28/h6-19,26,30,33,38H,20-25H2,1-5H3,(H,43,44)/t30-,33-/m0/s1. The molecule has 9 nitrogen and oxygen atoms in total. The van der Waals surface area contributed by atoms with Gasteiger partial charge in [-0.15, -0.1) is 0 Å². The van der Waals surface area contributed by atoms with Crippen LogP contribution in [0.4, 0.5) is 4.79 Å². The van der Waals surface area contributed by atoms with Gasteiger partial charge in [0.25, 0.3) is 0 Å². The molecular weight excluding hydrogens is 580 g/mol. The SMILES string of the molecule is CN(Cc1ccccc1)C(=O)[C@H](Cc1ccccc1)N(CCNCC[C@H](C(=O)O)c1cn(C)c2ccccc12)C(=O)OC(C)(C)C. The van der Waals surface area contributed by atoms with Gasteiger partial charge in [0.05, 0.1) is 5.92 Å². The number of hydrogen-bond donors (Lipinski definition) is 2. The number of likely N-dealkylation sites (N-methyl/N-ethyl adjacent to an activating group) is 1. The van der Waals surface area contributed by atoms with E-state index in [1.807, 2.05) is 103 Å². The summed E-state index contributed by atoms with van der Waals surface area (Å²) in [6, 6.07) is 26.3. The monoisotopic (exact) mass is 626 g/mol. The smallest absolute Gasteiger partial charge is 0.411 e. The number of ether oxygens (including phenoxy) is 1. The molecule has 0 bridgehead atoms. The predicted octanol–water partition coefficient (Wildman–Crippen LogP) is 5.83. The topological polar surface area (TPSA) is 104 Å².